The normalized spacial score (nSPS) is 11.6. The van der Waals surface area contributed by atoms with Gasteiger partial charge in [-0.3, -0.25) is 0 Å². The molecule has 0 aliphatic carbocycles. The molecule has 0 aliphatic heterocycles. The van der Waals surface area contributed by atoms with Crippen LogP contribution in [0, 0.1) is 0 Å². The Bertz CT molecular complexity index is 2810. The van der Waals surface area contributed by atoms with Crippen molar-refractivity contribution in [3.63, 3.8) is 0 Å². The Balaban J connectivity index is 1.04. The van der Waals surface area contributed by atoms with Crippen LogP contribution in [-0.2, 0) is 0 Å². The summed E-state index contributed by atoms with van der Waals surface area (Å²) in [4.78, 5) is 19.7. The van der Waals surface area contributed by atoms with Gasteiger partial charge in [0.15, 0.2) is 17.5 Å². The molecule has 5 nitrogen and oxygen atoms in total. The maximum Gasteiger partial charge on any atom is 0.164 e. The van der Waals surface area contributed by atoms with Gasteiger partial charge in [0.05, 0.1) is 10.2 Å². The second kappa shape index (κ2) is 11.6. The lowest BCUT2D eigenvalue weighted by Gasteiger charge is -2.11. The molecule has 7 aromatic carbocycles. The molecule has 0 atom stereocenters. The summed E-state index contributed by atoms with van der Waals surface area (Å²) in [6, 6.07) is 54.1. The zero-order valence-corrected chi connectivity index (χ0v) is 27.4. The van der Waals surface area contributed by atoms with E-state index in [1.807, 2.05) is 78.9 Å². The Hall–Kier alpha value is -6.50. The summed E-state index contributed by atoms with van der Waals surface area (Å²) in [6.07, 6.45) is 0. The van der Waals surface area contributed by atoms with Crippen molar-refractivity contribution in [2.24, 2.45) is 0 Å². The molecule has 50 heavy (non-hydrogen) atoms. The fraction of sp³-hybridized carbons (Fsp3) is 0. The molecule has 0 aliphatic rings. The van der Waals surface area contributed by atoms with Gasteiger partial charge in [-0.05, 0) is 46.2 Å². The van der Waals surface area contributed by atoms with Crippen LogP contribution in [0.4, 0.5) is 0 Å². The van der Waals surface area contributed by atoms with Gasteiger partial charge in [0, 0.05) is 39.1 Å². The zero-order valence-electron chi connectivity index (χ0n) is 26.6. The Morgan fingerprint density at radius 1 is 0.400 bits per heavy atom. The zero-order chi connectivity index (χ0) is 33.0. The summed E-state index contributed by atoms with van der Waals surface area (Å²) < 4.78 is 7.59. The van der Waals surface area contributed by atoms with Crippen LogP contribution in [0.15, 0.2) is 162 Å². The highest BCUT2D eigenvalue weighted by Crippen LogP contribution is 2.39. The van der Waals surface area contributed by atoms with E-state index in [0.29, 0.717) is 17.5 Å². The monoisotopic (exact) mass is 658 g/mol. The highest BCUT2D eigenvalue weighted by molar-refractivity contribution is 7.21. The van der Waals surface area contributed by atoms with Crippen LogP contribution in [-0.4, -0.2) is 19.9 Å². The van der Waals surface area contributed by atoms with Gasteiger partial charge >= 0.3 is 0 Å². The molecule has 10 rings (SSSR count). The molecule has 3 aromatic heterocycles. The van der Waals surface area contributed by atoms with Crippen molar-refractivity contribution in [3.8, 4) is 55.9 Å². The predicted octanol–water partition coefficient (Wildman–Crippen LogP) is 11.9. The van der Waals surface area contributed by atoms with E-state index in [9.17, 15) is 0 Å². The molecule has 0 spiro atoms. The highest BCUT2D eigenvalue weighted by Gasteiger charge is 2.16. The summed E-state index contributed by atoms with van der Waals surface area (Å²) in [5.41, 5.74) is 8.85. The van der Waals surface area contributed by atoms with Crippen LogP contribution in [0.2, 0.25) is 0 Å². The fourth-order valence-corrected chi connectivity index (χ4v) is 7.66. The van der Waals surface area contributed by atoms with Gasteiger partial charge in [-0.25, -0.2) is 19.9 Å². The molecule has 6 heteroatoms. The van der Waals surface area contributed by atoms with Crippen LogP contribution in [0.3, 0.4) is 0 Å². The summed E-state index contributed by atoms with van der Waals surface area (Å²) in [7, 11) is 0. The van der Waals surface area contributed by atoms with Gasteiger partial charge in [0.2, 0.25) is 0 Å². The maximum absolute atomic E-state index is 6.44. The van der Waals surface area contributed by atoms with Crippen molar-refractivity contribution in [3.05, 3.63) is 158 Å². The van der Waals surface area contributed by atoms with E-state index in [1.54, 1.807) is 11.3 Å². The molecule has 0 saturated carbocycles. The second-order valence-electron chi connectivity index (χ2n) is 12.3. The second-order valence-corrected chi connectivity index (χ2v) is 13.3. The Kier molecular flexibility index (Phi) is 6.60. The van der Waals surface area contributed by atoms with E-state index in [-0.39, 0.29) is 0 Å². The smallest absolute Gasteiger partial charge is 0.164 e. The Morgan fingerprint density at radius 2 is 1.00 bits per heavy atom. The van der Waals surface area contributed by atoms with Crippen molar-refractivity contribution in [1.29, 1.82) is 0 Å². The van der Waals surface area contributed by atoms with Crippen LogP contribution < -0.4 is 0 Å². The minimum atomic E-state index is 0.644. The van der Waals surface area contributed by atoms with E-state index in [2.05, 4.69) is 78.9 Å². The number of hydrogen-bond donors (Lipinski definition) is 0. The molecule has 0 radical (unpaired) electrons. The number of fused-ring (bicyclic) bond motifs is 5. The number of aromatic nitrogens is 4. The summed E-state index contributed by atoms with van der Waals surface area (Å²) in [6.45, 7) is 0. The average molecular weight is 659 g/mol. The first-order valence-corrected chi connectivity index (χ1v) is 17.3. The van der Waals surface area contributed by atoms with E-state index in [0.717, 1.165) is 81.3 Å². The van der Waals surface area contributed by atoms with E-state index < -0.39 is 0 Å². The molecule has 10 aromatic rings. The van der Waals surface area contributed by atoms with Crippen molar-refractivity contribution < 1.29 is 4.42 Å². The largest absolute Gasteiger partial charge is 0.456 e. The van der Waals surface area contributed by atoms with Crippen molar-refractivity contribution in [2.75, 3.05) is 0 Å². The molecule has 0 unspecified atom stereocenters. The first kappa shape index (κ1) is 28.5. The van der Waals surface area contributed by atoms with E-state index in [1.165, 1.54) is 0 Å². The standard InChI is InChI=1S/C44H26N4OS/c1-4-11-27(12-5-1)41-46-42(28-13-6-2-7-14-28)48-43(47-41)35-18-10-17-32-23-30(19-21-33(32)35)31-20-22-34-36-25-40-37(26-39(36)49-38(34)24-31)45-44(50-40)29-15-8-3-9-16-29/h1-26H. The van der Waals surface area contributed by atoms with Gasteiger partial charge in [-0.2, -0.15) is 0 Å². The van der Waals surface area contributed by atoms with Crippen LogP contribution >= 0.6 is 11.3 Å². The molecule has 0 saturated heterocycles. The maximum atomic E-state index is 6.44. The SMILES string of the molecule is c1ccc(-c2nc(-c3ccccc3)nc(-c3cccc4cc(-c5ccc6c(c5)oc5cc7nc(-c8ccccc8)sc7cc56)ccc34)n2)cc1. The number of furan rings is 1. The number of thiazole rings is 1. The molecular formula is C44H26N4OS. The summed E-state index contributed by atoms with van der Waals surface area (Å²) in [5, 5.41) is 5.40. The van der Waals surface area contributed by atoms with Gasteiger partial charge in [-0.1, -0.05) is 127 Å². The lowest BCUT2D eigenvalue weighted by molar-refractivity contribution is 0.669. The molecule has 3 heterocycles. The molecular weight excluding hydrogens is 633 g/mol. The fourth-order valence-electron chi connectivity index (χ4n) is 6.67. The van der Waals surface area contributed by atoms with Gasteiger partial charge in [-0.15, -0.1) is 11.3 Å². The lowest BCUT2D eigenvalue weighted by atomic mass is 9.97. The van der Waals surface area contributed by atoms with E-state index in [4.69, 9.17) is 24.4 Å². The van der Waals surface area contributed by atoms with Crippen LogP contribution in [0.1, 0.15) is 0 Å². The van der Waals surface area contributed by atoms with Crippen molar-refractivity contribution in [2.45, 2.75) is 0 Å². The number of rotatable bonds is 5. The highest BCUT2D eigenvalue weighted by atomic mass is 32.1. The Morgan fingerprint density at radius 3 is 1.70 bits per heavy atom. The van der Waals surface area contributed by atoms with Gasteiger partial charge < -0.3 is 4.42 Å². The molecule has 0 fully saturated rings. The minimum absolute atomic E-state index is 0.644. The third kappa shape index (κ3) is 4.93. The first-order valence-electron chi connectivity index (χ1n) is 16.5. The minimum Gasteiger partial charge on any atom is -0.456 e. The topological polar surface area (TPSA) is 64.7 Å². The summed E-state index contributed by atoms with van der Waals surface area (Å²) in [5.74, 6) is 1.94. The van der Waals surface area contributed by atoms with Gasteiger partial charge in [0.1, 0.15) is 16.2 Å². The third-order valence-electron chi connectivity index (χ3n) is 9.16. The van der Waals surface area contributed by atoms with Crippen LogP contribution in [0.25, 0.3) is 98.8 Å². The summed E-state index contributed by atoms with van der Waals surface area (Å²) >= 11 is 1.71. The quantitative estimate of drug-likeness (QED) is 0.184. The molecule has 234 valence electrons. The van der Waals surface area contributed by atoms with E-state index >= 15 is 0 Å². The van der Waals surface area contributed by atoms with Crippen LogP contribution in [0.5, 0.6) is 0 Å². The first-order chi connectivity index (χ1) is 24.7. The number of benzene rings is 7. The average Bonchev–Trinajstić information content (AvgIpc) is 3.77. The molecule has 0 amide bonds. The molecule has 0 N–H and O–H groups in total. The van der Waals surface area contributed by atoms with Crippen molar-refractivity contribution in [1.82, 2.24) is 19.9 Å². The number of hydrogen-bond acceptors (Lipinski definition) is 6. The lowest BCUT2D eigenvalue weighted by Crippen LogP contribution is -2.00. The Labute approximate surface area is 291 Å². The van der Waals surface area contributed by atoms with Crippen molar-refractivity contribution >= 4 is 54.3 Å². The predicted molar refractivity (Wildman–Crippen MR) is 205 cm³/mol. The third-order valence-corrected chi connectivity index (χ3v) is 10.2. The molecule has 0 bridgehead atoms. The van der Waals surface area contributed by atoms with Gasteiger partial charge in [0.25, 0.3) is 0 Å². The number of nitrogens with zero attached hydrogens (tertiary/aromatic N) is 4.